The summed E-state index contributed by atoms with van der Waals surface area (Å²) >= 11 is 1.21. The first kappa shape index (κ1) is 50.8. The monoisotopic (exact) mass is 1040 g/mol. The van der Waals surface area contributed by atoms with Gasteiger partial charge in [-0.1, -0.05) is 138 Å². The summed E-state index contributed by atoms with van der Waals surface area (Å²) in [6, 6.07) is 41.7. The van der Waals surface area contributed by atoms with Gasteiger partial charge in [-0.05, 0) is 77.2 Å². The van der Waals surface area contributed by atoms with Gasteiger partial charge in [0.2, 0.25) is 11.8 Å². The second-order valence-corrected chi connectivity index (χ2v) is 19.5. The summed E-state index contributed by atoms with van der Waals surface area (Å²) in [7, 11) is 2.30. The Bertz CT molecular complexity index is 3370. The first-order valence-corrected chi connectivity index (χ1v) is 25.4. The molecule has 7 aromatic rings. The van der Waals surface area contributed by atoms with Crippen LogP contribution in [0, 0.1) is 23.7 Å². The summed E-state index contributed by atoms with van der Waals surface area (Å²) in [4.78, 5) is 97.0. The van der Waals surface area contributed by atoms with Crippen molar-refractivity contribution in [1.82, 2.24) is 15.2 Å². The van der Waals surface area contributed by atoms with Crippen molar-refractivity contribution in [2.45, 2.75) is 49.0 Å². The Labute approximate surface area is 441 Å². The van der Waals surface area contributed by atoms with Crippen LogP contribution in [0.5, 0.6) is 5.75 Å². The third kappa shape index (κ3) is 9.20. The lowest BCUT2D eigenvalue weighted by atomic mass is 9.65. The van der Waals surface area contributed by atoms with E-state index in [0.717, 1.165) is 29.4 Å². The van der Waals surface area contributed by atoms with Crippen molar-refractivity contribution in [2.75, 3.05) is 37.7 Å². The fourth-order valence-corrected chi connectivity index (χ4v) is 11.8. The number of benzene rings is 6. The van der Waals surface area contributed by atoms with E-state index in [2.05, 4.69) is 22.5 Å². The van der Waals surface area contributed by atoms with E-state index in [4.69, 9.17) is 23.9 Å². The van der Waals surface area contributed by atoms with Crippen molar-refractivity contribution < 1.29 is 52.8 Å². The molecule has 16 nitrogen and oxygen atoms in total. The van der Waals surface area contributed by atoms with Crippen LogP contribution in [0.2, 0.25) is 0 Å². The fourth-order valence-electron chi connectivity index (χ4n) is 10.9. The van der Waals surface area contributed by atoms with Crippen LogP contribution >= 0.6 is 11.3 Å². The minimum atomic E-state index is -2.19. The van der Waals surface area contributed by atoms with Crippen LogP contribution in [0.15, 0.2) is 158 Å². The molecule has 0 saturated carbocycles. The van der Waals surface area contributed by atoms with Crippen molar-refractivity contribution in [1.29, 1.82) is 0 Å². The Kier molecular flexibility index (Phi) is 14.5. The molecule has 4 amide bonds. The fraction of sp³-hybridized carbons (Fsp3) is 0.237. The van der Waals surface area contributed by atoms with Gasteiger partial charge in [-0.2, -0.15) is 0 Å². The molecule has 6 aromatic carbocycles. The minimum Gasteiger partial charge on any atom is -0.491 e. The zero-order chi connectivity index (χ0) is 53.1. The number of hydrogen-bond donors (Lipinski definition) is 3. The van der Waals surface area contributed by atoms with Crippen molar-refractivity contribution in [3.63, 3.8) is 0 Å². The maximum Gasteiger partial charge on any atom is 0.329 e. The number of rotatable bonds is 13. The summed E-state index contributed by atoms with van der Waals surface area (Å²) in [5, 5.41) is 16.1. The van der Waals surface area contributed by atoms with Crippen LogP contribution in [0.3, 0.4) is 0 Å². The van der Waals surface area contributed by atoms with E-state index in [1.807, 2.05) is 114 Å². The zero-order valence-corrected chi connectivity index (χ0v) is 42.3. The number of carbonyl (C=O) groups excluding carboxylic acids is 6. The molecule has 7 unspecified atom stereocenters. The molecule has 3 N–H and O–H groups in total. The molecule has 1 aromatic heterocycles. The number of nitrogens with zero attached hydrogens (tertiary/aromatic N) is 3. The first-order chi connectivity index (χ1) is 37.0. The number of ether oxygens (including phenoxy) is 4. The van der Waals surface area contributed by atoms with Gasteiger partial charge >= 0.3 is 23.9 Å². The number of hydrogen-bond acceptors (Lipinski definition) is 14. The molecule has 384 valence electrons. The highest BCUT2D eigenvalue weighted by atomic mass is 32.1. The van der Waals surface area contributed by atoms with E-state index in [0.29, 0.717) is 28.0 Å². The van der Waals surface area contributed by atoms with E-state index in [9.17, 15) is 14.7 Å². The Morgan fingerprint density at radius 2 is 1.45 bits per heavy atom. The number of imide groups is 1. The predicted octanol–water partition coefficient (Wildman–Crippen LogP) is 8.15. The van der Waals surface area contributed by atoms with Gasteiger partial charge in [0.25, 0.3) is 0 Å². The molecule has 3 aliphatic rings. The molecule has 0 aliphatic carbocycles. The summed E-state index contributed by atoms with van der Waals surface area (Å²) in [6.45, 7) is 1.41. The summed E-state index contributed by atoms with van der Waals surface area (Å²) in [6.07, 6.45) is -1.30. The SMILES string of the molecule is COC(=O)C(CC#Cc1ccc2c(c1)C1(C(=O)N2C(=O)NC(C)c2ccccc2)C(C(=O)Nc2nc3ccccc3s2)C2C(=O)OC(c3ccccc3)C(c3ccccc3)N2C1c1cccc(OCCO)c1)C(=O)OC. The van der Waals surface area contributed by atoms with Crippen molar-refractivity contribution in [3.05, 3.63) is 191 Å². The summed E-state index contributed by atoms with van der Waals surface area (Å²) in [5.41, 5.74) is 1.48. The second kappa shape index (κ2) is 21.6. The number of anilines is 2. The quantitative estimate of drug-likeness (QED) is 0.0433. The van der Waals surface area contributed by atoms with E-state index in [1.54, 1.807) is 55.5 Å². The summed E-state index contributed by atoms with van der Waals surface area (Å²) in [5.74, 6) is -0.868. The Balaban J connectivity index is 1.26. The lowest BCUT2D eigenvalue weighted by Crippen LogP contribution is -2.55. The number of carbonyl (C=O) groups is 6. The largest absolute Gasteiger partial charge is 0.491 e. The molecule has 76 heavy (non-hydrogen) atoms. The third-order valence-electron chi connectivity index (χ3n) is 14.2. The average Bonchev–Trinajstić information content (AvgIpc) is 4.14. The van der Waals surface area contributed by atoms with Crippen LogP contribution in [0.25, 0.3) is 10.2 Å². The number of para-hydroxylation sites is 1. The van der Waals surface area contributed by atoms with Gasteiger partial charge in [0, 0.05) is 12.0 Å². The van der Waals surface area contributed by atoms with Crippen LogP contribution in [0.1, 0.15) is 71.0 Å². The number of amides is 4. The lowest BCUT2D eigenvalue weighted by Gasteiger charge is -2.46. The number of aliphatic hydroxyl groups is 1. The number of thiazole rings is 1. The van der Waals surface area contributed by atoms with Crippen molar-refractivity contribution in [2.24, 2.45) is 11.8 Å². The molecule has 0 bridgehead atoms. The van der Waals surface area contributed by atoms with Gasteiger partial charge in [0.1, 0.15) is 29.9 Å². The van der Waals surface area contributed by atoms with Gasteiger partial charge in [0.05, 0.1) is 60.8 Å². The second-order valence-electron chi connectivity index (χ2n) is 18.4. The number of fused-ring (bicyclic) bond motifs is 4. The Hall–Kier alpha value is -8.69. The number of cyclic esters (lactones) is 1. The van der Waals surface area contributed by atoms with E-state index in [-0.39, 0.29) is 41.6 Å². The summed E-state index contributed by atoms with van der Waals surface area (Å²) < 4.78 is 23.2. The molecular weight excluding hydrogens is 987 g/mol. The van der Waals surface area contributed by atoms with Gasteiger partial charge in [-0.15, -0.1) is 0 Å². The number of aromatic nitrogens is 1. The van der Waals surface area contributed by atoms with Crippen LogP contribution in [0.4, 0.5) is 15.6 Å². The molecule has 2 saturated heterocycles. The highest BCUT2D eigenvalue weighted by Gasteiger charge is 2.75. The predicted molar refractivity (Wildman–Crippen MR) is 282 cm³/mol. The topological polar surface area (TPSA) is 203 Å². The zero-order valence-electron chi connectivity index (χ0n) is 41.5. The van der Waals surface area contributed by atoms with E-state index < -0.39 is 83.3 Å². The van der Waals surface area contributed by atoms with Crippen molar-refractivity contribution in [3.8, 4) is 17.6 Å². The van der Waals surface area contributed by atoms with Gasteiger partial charge in [-0.25, -0.2) is 14.7 Å². The number of nitrogens with one attached hydrogen (secondary N) is 2. The van der Waals surface area contributed by atoms with E-state index in [1.165, 1.54) is 11.3 Å². The van der Waals surface area contributed by atoms with Crippen LogP contribution in [-0.2, 0) is 43.6 Å². The average molecular weight is 1040 g/mol. The molecule has 17 heteroatoms. The van der Waals surface area contributed by atoms with E-state index >= 15 is 19.2 Å². The number of methoxy groups -OCH3 is 2. The number of esters is 3. The maximum atomic E-state index is 16.9. The molecule has 0 radical (unpaired) electrons. The molecule has 3 aliphatic heterocycles. The number of aliphatic hydroxyl groups excluding tert-OH is 1. The smallest absolute Gasteiger partial charge is 0.329 e. The molecular formula is C59H51N5O11S. The molecule has 10 rings (SSSR count). The minimum absolute atomic E-state index is 0.0714. The van der Waals surface area contributed by atoms with Crippen LogP contribution < -0.4 is 20.3 Å². The maximum absolute atomic E-state index is 16.9. The van der Waals surface area contributed by atoms with Gasteiger partial charge < -0.3 is 34.7 Å². The Morgan fingerprint density at radius 3 is 2.13 bits per heavy atom. The van der Waals surface area contributed by atoms with Crippen molar-refractivity contribution >= 4 is 68.1 Å². The Morgan fingerprint density at radius 1 is 0.789 bits per heavy atom. The standard InChI is InChI=1S/C59H51N5O11S/c1-35(37-18-7-4-8-19-37)60-58(71)63-45-30-29-36(17-15-26-42(53(67)72-2)54(68)73-3)33-43(45)59(56(63)70)47(52(66)62-57-61-44-27-13-14-28-46(44)76-57)49-55(69)75-50(39-22-11-6-12-23-39)48(38-20-9-5-10-21-38)64(49)51(59)40-24-16-25-41(34-40)74-32-31-65/h4-14,16,18-25,27-30,33-35,42,47-51,65H,26,31-32H2,1-3H3,(H,60,71)(H,61,62,66). The normalized spacial score (nSPS) is 21.0. The molecule has 4 heterocycles. The highest BCUT2D eigenvalue weighted by Crippen LogP contribution is 2.66. The molecule has 1 spiro atoms. The molecule has 7 atom stereocenters. The molecule has 2 fully saturated rings. The lowest BCUT2D eigenvalue weighted by molar-refractivity contribution is -0.178. The van der Waals surface area contributed by atoms with Gasteiger partial charge in [-0.3, -0.25) is 28.9 Å². The third-order valence-corrected chi connectivity index (χ3v) is 15.1. The van der Waals surface area contributed by atoms with Crippen LogP contribution in [-0.4, -0.2) is 84.2 Å². The number of urea groups is 1. The van der Waals surface area contributed by atoms with Gasteiger partial charge in [0.15, 0.2) is 11.0 Å². The number of morpholine rings is 1. The highest BCUT2D eigenvalue weighted by molar-refractivity contribution is 7.22. The first-order valence-electron chi connectivity index (χ1n) is 24.5.